The Morgan fingerprint density at radius 2 is 2.12 bits per heavy atom. The third-order valence-corrected chi connectivity index (χ3v) is 3.76. The molecule has 0 aliphatic heterocycles. The van der Waals surface area contributed by atoms with Crippen LogP contribution in [0.3, 0.4) is 0 Å². The second-order valence-corrected chi connectivity index (χ2v) is 6.10. The van der Waals surface area contributed by atoms with E-state index in [1.54, 1.807) is 16.8 Å². The normalized spacial score (nSPS) is 11.4. The third kappa shape index (κ3) is 3.93. The van der Waals surface area contributed by atoms with E-state index in [0.717, 1.165) is 29.9 Å². The lowest BCUT2D eigenvalue weighted by molar-refractivity contribution is 0.0787. The molecule has 1 aromatic carbocycles. The molecule has 0 aliphatic carbocycles. The van der Waals surface area contributed by atoms with Gasteiger partial charge in [0.15, 0.2) is 5.65 Å². The molecule has 132 valence electrons. The molecule has 6 nitrogen and oxygen atoms in total. The fourth-order valence-electron chi connectivity index (χ4n) is 2.64. The van der Waals surface area contributed by atoms with Crippen LogP contribution in [0.2, 0.25) is 0 Å². The standard InChI is InChI=1S/C18H22FN5O/c1-12(2)25-9-5-8-20-17-16-13(3)23-24(18(16)22-11-21-17)15-7-4-6-14(19)10-15/h4,6-7,10-12H,5,8-9H2,1-3H3,(H,20,21,22). The Morgan fingerprint density at radius 3 is 2.88 bits per heavy atom. The van der Waals surface area contributed by atoms with Crippen molar-refractivity contribution < 1.29 is 9.13 Å². The highest BCUT2D eigenvalue weighted by Crippen LogP contribution is 2.25. The Balaban J connectivity index is 1.84. The van der Waals surface area contributed by atoms with E-state index in [9.17, 15) is 4.39 Å². The summed E-state index contributed by atoms with van der Waals surface area (Å²) in [6.45, 7) is 7.37. The number of nitrogens with zero attached hydrogens (tertiary/aromatic N) is 4. The second-order valence-electron chi connectivity index (χ2n) is 6.10. The predicted octanol–water partition coefficient (Wildman–Crippen LogP) is 3.49. The van der Waals surface area contributed by atoms with Crippen LogP contribution in [0.4, 0.5) is 10.2 Å². The summed E-state index contributed by atoms with van der Waals surface area (Å²) in [4.78, 5) is 8.67. The monoisotopic (exact) mass is 343 g/mol. The van der Waals surface area contributed by atoms with Gasteiger partial charge in [-0.15, -0.1) is 0 Å². The van der Waals surface area contributed by atoms with Crippen molar-refractivity contribution in [1.82, 2.24) is 19.7 Å². The lowest BCUT2D eigenvalue weighted by Crippen LogP contribution is -2.10. The number of rotatable bonds is 7. The molecule has 0 saturated carbocycles. The summed E-state index contributed by atoms with van der Waals surface area (Å²) in [5.41, 5.74) is 2.08. The van der Waals surface area contributed by atoms with E-state index < -0.39 is 0 Å². The van der Waals surface area contributed by atoms with Crippen molar-refractivity contribution in [1.29, 1.82) is 0 Å². The molecule has 0 bridgehead atoms. The first kappa shape index (κ1) is 17.3. The maximum atomic E-state index is 13.5. The van der Waals surface area contributed by atoms with Crippen LogP contribution in [-0.2, 0) is 4.74 Å². The lowest BCUT2D eigenvalue weighted by Gasteiger charge is -2.09. The molecule has 3 aromatic rings. The Kier molecular flexibility index (Phi) is 5.23. The van der Waals surface area contributed by atoms with Gasteiger partial charge in [-0.1, -0.05) is 6.07 Å². The van der Waals surface area contributed by atoms with Crippen molar-refractivity contribution in [3.8, 4) is 5.69 Å². The highest BCUT2D eigenvalue weighted by molar-refractivity contribution is 5.90. The highest BCUT2D eigenvalue weighted by Gasteiger charge is 2.15. The minimum Gasteiger partial charge on any atom is -0.379 e. The Bertz CT molecular complexity index is 862. The van der Waals surface area contributed by atoms with Gasteiger partial charge in [0.05, 0.1) is 22.9 Å². The van der Waals surface area contributed by atoms with Crippen LogP contribution in [0.15, 0.2) is 30.6 Å². The van der Waals surface area contributed by atoms with Gasteiger partial charge in [-0.05, 0) is 45.4 Å². The number of aromatic nitrogens is 4. The number of hydrogen-bond acceptors (Lipinski definition) is 5. The first-order valence-electron chi connectivity index (χ1n) is 8.38. The van der Waals surface area contributed by atoms with Crippen molar-refractivity contribution in [3.63, 3.8) is 0 Å². The van der Waals surface area contributed by atoms with E-state index in [0.29, 0.717) is 17.9 Å². The first-order chi connectivity index (χ1) is 12.1. The molecule has 0 fully saturated rings. The zero-order valence-corrected chi connectivity index (χ0v) is 14.7. The molecular formula is C18H22FN5O. The molecule has 3 rings (SSSR count). The van der Waals surface area contributed by atoms with Gasteiger partial charge in [-0.2, -0.15) is 5.10 Å². The van der Waals surface area contributed by atoms with Gasteiger partial charge in [0.2, 0.25) is 0 Å². The molecule has 0 atom stereocenters. The minimum absolute atomic E-state index is 0.234. The molecule has 2 aromatic heterocycles. The summed E-state index contributed by atoms with van der Waals surface area (Å²) in [6, 6.07) is 6.30. The molecule has 0 aliphatic rings. The van der Waals surface area contributed by atoms with Crippen molar-refractivity contribution in [2.75, 3.05) is 18.5 Å². The summed E-state index contributed by atoms with van der Waals surface area (Å²) in [6.07, 6.45) is 2.60. The van der Waals surface area contributed by atoms with E-state index in [1.807, 2.05) is 20.8 Å². The average Bonchev–Trinajstić information content (AvgIpc) is 2.92. The molecule has 2 heterocycles. The fraction of sp³-hybridized carbons (Fsp3) is 0.389. The van der Waals surface area contributed by atoms with Gasteiger partial charge in [0.25, 0.3) is 0 Å². The van der Waals surface area contributed by atoms with Gasteiger partial charge < -0.3 is 10.1 Å². The largest absolute Gasteiger partial charge is 0.379 e. The number of halogens is 1. The second kappa shape index (κ2) is 7.57. The lowest BCUT2D eigenvalue weighted by atomic mass is 10.3. The number of fused-ring (bicyclic) bond motifs is 1. The number of nitrogens with one attached hydrogen (secondary N) is 1. The van der Waals surface area contributed by atoms with Gasteiger partial charge in [-0.3, -0.25) is 0 Å². The molecular weight excluding hydrogens is 321 g/mol. The van der Waals surface area contributed by atoms with Gasteiger partial charge >= 0.3 is 0 Å². The summed E-state index contributed by atoms with van der Waals surface area (Å²) in [7, 11) is 0. The van der Waals surface area contributed by atoms with Gasteiger partial charge in [0.1, 0.15) is 18.0 Å². The molecule has 0 spiro atoms. The predicted molar refractivity (Wildman–Crippen MR) is 95.5 cm³/mol. The number of ether oxygens (including phenoxy) is 1. The van der Waals surface area contributed by atoms with E-state index in [-0.39, 0.29) is 11.9 Å². The summed E-state index contributed by atoms with van der Waals surface area (Å²) < 4.78 is 20.7. The van der Waals surface area contributed by atoms with Crippen LogP contribution in [0.1, 0.15) is 26.0 Å². The smallest absolute Gasteiger partial charge is 0.168 e. The van der Waals surface area contributed by atoms with Gasteiger partial charge in [-0.25, -0.2) is 19.0 Å². The van der Waals surface area contributed by atoms with Crippen LogP contribution in [0.5, 0.6) is 0 Å². The summed E-state index contributed by atoms with van der Waals surface area (Å²) in [5, 5.41) is 8.68. The van der Waals surface area contributed by atoms with Crippen molar-refractivity contribution >= 4 is 16.9 Å². The van der Waals surface area contributed by atoms with E-state index in [4.69, 9.17) is 4.74 Å². The highest BCUT2D eigenvalue weighted by atomic mass is 19.1. The minimum atomic E-state index is -0.309. The molecule has 0 saturated heterocycles. The molecule has 0 amide bonds. The zero-order chi connectivity index (χ0) is 17.8. The van der Waals surface area contributed by atoms with Crippen LogP contribution in [0, 0.1) is 12.7 Å². The van der Waals surface area contributed by atoms with Crippen LogP contribution >= 0.6 is 0 Å². The Labute approximate surface area is 146 Å². The molecule has 7 heteroatoms. The van der Waals surface area contributed by atoms with Crippen molar-refractivity contribution in [2.45, 2.75) is 33.3 Å². The SMILES string of the molecule is Cc1nn(-c2cccc(F)c2)c2ncnc(NCCCOC(C)C)c12. The quantitative estimate of drug-likeness (QED) is 0.665. The summed E-state index contributed by atoms with van der Waals surface area (Å²) >= 11 is 0. The fourth-order valence-corrected chi connectivity index (χ4v) is 2.64. The number of hydrogen-bond donors (Lipinski definition) is 1. The zero-order valence-electron chi connectivity index (χ0n) is 14.7. The van der Waals surface area contributed by atoms with Crippen LogP contribution in [0.25, 0.3) is 16.7 Å². The van der Waals surface area contributed by atoms with Crippen molar-refractivity contribution in [2.24, 2.45) is 0 Å². The Morgan fingerprint density at radius 1 is 1.28 bits per heavy atom. The van der Waals surface area contributed by atoms with Crippen LogP contribution in [-0.4, -0.2) is 39.0 Å². The molecule has 0 unspecified atom stereocenters. The third-order valence-electron chi connectivity index (χ3n) is 3.76. The molecule has 25 heavy (non-hydrogen) atoms. The van der Waals surface area contributed by atoms with Crippen LogP contribution < -0.4 is 5.32 Å². The first-order valence-corrected chi connectivity index (χ1v) is 8.38. The number of anilines is 1. The maximum Gasteiger partial charge on any atom is 0.168 e. The Hall–Kier alpha value is -2.54. The average molecular weight is 343 g/mol. The number of benzene rings is 1. The molecule has 1 N–H and O–H groups in total. The maximum absolute atomic E-state index is 13.5. The number of aryl methyl sites for hydroxylation is 1. The van der Waals surface area contributed by atoms with E-state index in [1.165, 1.54) is 18.5 Å². The van der Waals surface area contributed by atoms with E-state index >= 15 is 0 Å². The van der Waals surface area contributed by atoms with Crippen molar-refractivity contribution in [3.05, 3.63) is 42.1 Å². The summed E-state index contributed by atoms with van der Waals surface area (Å²) in [5.74, 6) is 0.422. The topological polar surface area (TPSA) is 64.9 Å². The molecule has 0 radical (unpaired) electrons. The van der Waals surface area contributed by atoms with E-state index in [2.05, 4.69) is 20.4 Å². The van der Waals surface area contributed by atoms with Gasteiger partial charge in [0, 0.05) is 13.2 Å².